The van der Waals surface area contributed by atoms with Crippen molar-refractivity contribution in [2.45, 2.75) is 13.8 Å². The first-order valence-electron chi connectivity index (χ1n) is 4.03. The van der Waals surface area contributed by atoms with Crippen LogP contribution in [0.1, 0.15) is 11.6 Å². The summed E-state index contributed by atoms with van der Waals surface area (Å²) in [7, 11) is 0. The average Bonchev–Trinajstić information content (AvgIpc) is 2.51. The number of nitrogens with zero attached hydrogens (tertiary/aromatic N) is 3. The van der Waals surface area contributed by atoms with Gasteiger partial charge in [0.25, 0.3) is 11.4 Å². The van der Waals surface area contributed by atoms with Crippen LogP contribution in [0.25, 0.3) is 11.5 Å². The Hall–Kier alpha value is -1.98. The molecule has 6 nitrogen and oxygen atoms in total. The number of H-pyrrole nitrogens is 1. The number of aryl methyl sites for hydroxylation is 2. The molecule has 0 atom stereocenters. The van der Waals surface area contributed by atoms with Crippen LogP contribution in [-0.2, 0) is 0 Å². The second kappa shape index (κ2) is 3.06. The van der Waals surface area contributed by atoms with Crippen molar-refractivity contribution in [1.29, 1.82) is 0 Å². The molecule has 2 heterocycles. The zero-order chi connectivity index (χ0) is 10.1. The maximum atomic E-state index is 11.4. The summed E-state index contributed by atoms with van der Waals surface area (Å²) in [6.45, 7) is 3.38. The summed E-state index contributed by atoms with van der Waals surface area (Å²) in [5, 5.41) is 3.59. The van der Waals surface area contributed by atoms with Gasteiger partial charge in [-0.2, -0.15) is 4.98 Å². The lowest BCUT2D eigenvalue weighted by molar-refractivity contribution is 0.425. The summed E-state index contributed by atoms with van der Waals surface area (Å²) >= 11 is 0. The summed E-state index contributed by atoms with van der Waals surface area (Å²) in [5.74, 6) is 1.23. The van der Waals surface area contributed by atoms with Gasteiger partial charge < -0.3 is 9.51 Å². The Labute approximate surface area is 79.0 Å². The molecule has 0 radical (unpaired) electrons. The normalized spacial score (nSPS) is 10.4. The first kappa shape index (κ1) is 8.61. The van der Waals surface area contributed by atoms with E-state index in [-0.39, 0.29) is 17.0 Å². The van der Waals surface area contributed by atoms with Crippen LogP contribution in [0.15, 0.2) is 15.5 Å². The van der Waals surface area contributed by atoms with Crippen LogP contribution in [0.3, 0.4) is 0 Å². The van der Waals surface area contributed by atoms with Crippen molar-refractivity contribution in [3.8, 4) is 11.5 Å². The van der Waals surface area contributed by atoms with Gasteiger partial charge >= 0.3 is 0 Å². The summed E-state index contributed by atoms with van der Waals surface area (Å²) in [6.07, 6.45) is 1.42. The number of rotatable bonds is 1. The molecule has 0 aliphatic rings. The lowest BCUT2D eigenvalue weighted by Gasteiger charge is -1.93. The van der Waals surface area contributed by atoms with Gasteiger partial charge in [-0.3, -0.25) is 4.79 Å². The molecule has 6 heteroatoms. The average molecular weight is 192 g/mol. The van der Waals surface area contributed by atoms with Crippen molar-refractivity contribution in [2.24, 2.45) is 0 Å². The van der Waals surface area contributed by atoms with Gasteiger partial charge in [-0.1, -0.05) is 5.16 Å². The Balaban J connectivity index is 2.57. The fourth-order valence-electron chi connectivity index (χ4n) is 1.04. The van der Waals surface area contributed by atoms with E-state index in [0.717, 1.165) is 0 Å². The topological polar surface area (TPSA) is 84.7 Å². The molecule has 0 saturated heterocycles. The van der Waals surface area contributed by atoms with Crippen LogP contribution in [0, 0.1) is 13.8 Å². The standard InChI is InChI=1S/C8H8N4O2/c1-4-9-3-6(7(13)10-4)8-11-5(2)12-14-8/h3H,1-2H3,(H,9,10,13). The summed E-state index contributed by atoms with van der Waals surface area (Å²) in [6, 6.07) is 0. The molecular formula is C8H8N4O2. The van der Waals surface area contributed by atoms with E-state index < -0.39 is 0 Å². The van der Waals surface area contributed by atoms with Crippen LogP contribution < -0.4 is 5.56 Å². The highest BCUT2D eigenvalue weighted by Gasteiger charge is 2.10. The highest BCUT2D eigenvalue weighted by molar-refractivity contribution is 5.48. The van der Waals surface area contributed by atoms with E-state index in [0.29, 0.717) is 11.6 Å². The molecule has 0 aromatic carbocycles. The second-order valence-electron chi connectivity index (χ2n) is 2.86. The Bertz CT molecular complexity index is 514. The monoisotopic (exact) mass is 192 g/mol. The van der Waals surface area contributed by atoms with Gasteiger partial charge in [0.1, 0.15) is 11.4 Å². The van der Waals surface area contributed by atoms with E-state index in [1.807, 2.05) is 0 Å². The van der Waals surface area contributed by atoms with Crippen LogP contribution in [-0.4, -0.2) is 20.1 Å². The number of hydrogen-bond acceptors (Lipinski definition) is 5. The molecular weight excluding hydrogens is 184 g/mol. The summed E-state index contributed by atoms with van der Waals surface area (Å²) < 4.78 is 4.85. The first-order chi connectivity index (χ1) is 6.66. The molecule has 0 saturated carbocycles. The number of nitrogens with one attached hydrogen (secondary N) is 1. The molecule has 2 rings (SSSR count). The van der Waals surface area contributed by atoms with Crippen LogP contribution in [0.5, 0.6) is 0 Å². The van der Waals surface area contributed by atoms with Gasteiger partial charge in [0.05, 0.1) is 0 Å². The van der Waals surface area contributed by atoms with Gasteiger partial charge in [-0.15, -0.1) is 0 Å². The van der Waals surface area contributed by atoms with Gasteiger partial charge in [-0.25, -0.2) is 4.98 Å². The molecule has 2 aromatic heterocycles. The number of aromatic amines is 1. The van der Waals surface area contributed by atoms with Gasteiger partial charge in [-0.05, 0) is 13.8 Å². The maximum Gasteiger partial charge on any atom is 0.265 e. The molecule has 14 heavy (non-hydrogen) atoms. The predicted molar refractivity (Wildman–Crippen MR) is 47.6 cm³/mol. The van der Waals surface area contributed by atoms with E-state index in [9.17, 15) is 4.79 Å². The number of aromatic nitrogens is 4. The van der Waals surface area contributed by atoms with Crippen molar-refractivity contribution in [3.63, 3.8) is 0 Å². The molecule has 0 aliphatic carbocycles. The molecule has 0 unspecified atom stereocenters. The van der Waals surface area contributed by atoms with Gasteiger partial charge in [0.2, 0.25) is 0 Å². The minimum absolute atomic E-state index is 0.191. The molecule has 0 fully saturated rings. The Morgan fingerprint density at radius 3 is 2.79 bits per heavy atom. The van der Waals surface area contributed by atoms with E-state index in [1.165, 1.54) is 6.20 Å². The van der Waals surface area contributed by atoms with Crippen molar-refractivity contribution >= 4 is 0 Å². The highest BCUT2D eigenvalue weighted by Crippen LogP contribution is 2.09. The zero-order valence-corrected chi connectivity index (χ0v) is 7.74. The molecule has 0 amide bonds. The lowest BCUT2D eigenvalue weighted by atomic mass is 10.3. The Morgan fingerprint density at radius 1 is 1.43 bits per heavy atom. The van der Waals surface area contributed by atoms with Gasteiger partial charge in [0, 0.05) is 6.20 Å². The van der Waals surface area contributed by atoms with E-state index in [2.05, 4.69) is 20.1 Å². The second-order valence-corrected chi connectivity index (χ2v) is 2.86. The fourth-order valence-corrected chi connectivity index (χ4v) is 1.04. The van der Waals surface area contributed by atoms with Crippen LogP contribution in [0.2, 0.25) is 0 Å². The van der Waals surface area contributed by atoms with Crippen LogP contribution >= 0.6 is 0 Å². The van der Waals surface area contributed by atoms with Crippen LogP contribution in [0.4, 0.5) is 0 Å². The van der Waals surface area contributed by atoms with E-state index in [4.69, 9.17) is 4.52 Å². The van der Waals surface area contributed by atoms with E-state index >= 15 is 0 Å². The molecule has 0 aliphatic heterocycles. The molecule has 2 aromatic rings. The minimum atomic E-state index is -0.277. The number of hydrogen-bond donors (Lipinski definition) is 1. The third-order valence-electron chi connectivity index (χ3n) is 1.68. The first-order valence-corrected chi connectivity index (χ1v) is 4.03. The Morgan fingerprint density at radius 2 is 2.21 bits per heavy atom. The van der Waals surface area contributed by atoms with Crippen molar-refractivity contribution in [2.75, 3.05) is 0 Å². The maximum absolute atomic E-state index is 11.4. The lowest BCUT2D eigenvalue weighted by Crippen LogP contribution is -2.11. The predicted octanol–water partition coefficient (Wildman–Crippen LogP) is 0.437. The third-order valence-corrected chi connectivity index (χ3v) is 1.68. The highest BCUT2D eigenvalue weighted by atomic mass is 16.5. The summed E-state index contributed by atoms with van der Waals surface area (Å²) in [5.41, 5.74) is 0.0114. The zero-order valence-electron chi connectivity index (χ0n) is 7.74. The third kappa shape index (κ3) is 1.41. The molecule has 0 spiro atoms. The largest absolute Gasteiger partial charge is 0.334 e. The SMILES string of the molecule is Cc1noc(-c2cnc(C)[nH]c2=O)n1. The molecule has 72 valence electrons. The Kier molecular flexibility index (Phi) is 1.88. The smallest absolute Gasteiger partial charge is 0.265 e. The van der Waals surface area contributed by atoms with Gasteiger partial charge in [0.15, 0.2) is 5.82 Å². The quantitative estimate of drug-likeness (QED) is 0.708. The van der Waals surface area contributed by atoms with Crippen molar-refractivity contribution < 1.29 is 4.52 Å². The summed E-state index contributed by atoms with van der Waals surface area (Å²) in [4.78, 5) is 21.9. The van der Waals surface area contributed by atoms with Crippen molar-refractivity contribution in [1.82, 2.24) is 20.1 Å². The van der Waals surface area contributed by atoms with E-state index in [1.54, 1.807) is 13.8 Å². The van der Waals surface area contributed by atoms with Crippen molar-refractivity contribution in [3.05, 3.63) is 28.2 Å². The minimum Gasteiger partial charge on any atom is -0.334 e. The fraction of sp³-hybridized carbons (Fsp3) is 0.250. The molecule has 0 bridgehead atoms. The molecule has 1 N–H and O–H groups in total.